The Labute approximate surface area is 174 Å². The third-order valence-corrected chi connectivity index (χ3v) is 4.49. The van der Waals surface area contributed by atoms with Crippen LogP contribution in [0.3, 0.4) is 0 Å². The summed E-state index contributed by atoms with van der Waals surface area (Å²) in [5, 5.41) is 2.66. The van der Waals surface area contributed by atoms with Crippen LogP contribution >= 0.6 is 0 Å². The average molecular weight is 407 g/mol. The summed E-state index contributed by atoms with van der Waals surface area (Å²) in [7, 11) is 1.57. The van der Waals surface area contributed by atoms with Gasteiger partial charge in [0.15, 0.2) is 0 Å². The molecule has 0 bridgehead atoms. The molecule has 3 rings (SSSR count). The number of para-hydroxylation sites is 1. The first kappa shape index (κ1) is 21.0. The van der Waals surface area contributed by atoms with Gasteiger partial charge in [-0.05, 0) is 42.3 Å². The molecule has 0 saturated carbocycles. The summed E-state index contributed by atoms with van der Waals surface area (Å²) in [5.74, 6) is -0.739. The molecule has 154 valence electrons. The van der Waals surface area contributed by atoms with Gasteiger partial charge in [0, 0.05) is 17.7 Å². The van der Waals surface area contributed by atoms with Gasteiger partial charge in [-0.15, -0.1) is 0 Å². The van der Waals surface area contributed by atoms with Crippen molar-refractivity contribution in [2.75, 3.05) is 12.4 Å². The molecule has 0 heterocycles. The van der Waals surface area contributed by atoms with Crippen LogP contribution in [0.15, 0.2) is 78.9 Å². The number of nitrogens with one attached hydrogen (secondary N) is 1. The maximum Gasteiger partial charge on any atom is 0.307 e. The largest absolute Gasteiger partial charge is 0.496 e. The smallest absolute Gasteiger partial charge is 0.307 e. The number of methoxy groups -OCH3 is 1. The molecule has 1 N–H and O–H groups in total. The van der Waals surface area contributed by atoms with E-state index in [-0.39, 0.29) is 6.42 Å². The highest BCUT2D eigenvalue weighted by Gasteiger charge is 2.25. The maximum absolute atomic E-state index is 13.1. The van der Waals surface area contributed by atoms with Gasteiger partial charge in [-0.2, -0.15) is 0 Å². The van der Waals surface area contributed by atoms with Crippen molar-refractivity contribution in [2.24, 2.45) is 0 Å². The van der Waals surface area contributed by atoms with Crippen LogP contribution in [0, 0.1) is 5.82 Å². The number of benzene rings is 3. The second kappa shape index (κ2) is 10.2. The number of esters is 1. The average Bonchev–Trinajstić information content (AvgIpc) is 2.78. The Kier molecular flexibility index (Phi) is 7.16. The van der Waals surface area contributed by atoms with Gasteiger partial charge >= 0.3 is 5.97 Å². The van der Waals surface area contributed by atoms with Crippen molar-refractivity contribution in [3.63, 3.8) is 0 Å². The number of aryl methyl sites for hydroxylation is 1. The third-order valence-electron chi connectivity index (χ3n) is 4.49. The number of amides is 1. The second-order valence-electron chi connectivity index (χ2n) is 6.59. The molecule has 0 spiro atoms. The molecule has 5 nitrogen and oxygen atoms in total. The van der Waals surface area contributed by atoms with E-state index in [1.54, 1.807) is 31.4 Å². The topological polar surface area (TPSA) is 64.6 Å². The number of hydrogen-bond acceptors (Lipinski definition) is 4. The van der Waals surface area contributed by atoms with Gasteiger partial charge in [0.1, 0.15) is 11.6 Å². The van der Waals surface area contributed by atoms with E-state index >= 15 is 0 Å². The minimum absolute atomic E-state index is 0.0908. The van der Waals surface area contributed by atoms with Gasteiger partial charge < -0.3 is 14.8 Å². The van der Waals surface area contributed by atoms with Crippen molar-refractivity contribution in [1.29, 1.82) is 0 Å². The lowest BCUT2D eigenvalue weighted by atomic mass is 10.1. The van der Waals surface area contributed by atoms with Crippen molar-refractivity contribution in [3.05, 3.63) is 95.8 Å². The van der Waals surface area contributed by atoms with Gasteiger partial charge in [0.2, 0.25) is 6.10 Å². The summed E-state index contributed by atoms with van der Waals surface area (Å²) >= 11 is 0. The van der Waals surface area contributed by atoms with E-state index in [1.165, 1.54) is 24.3 Å². The summed E-state index contributed by atoms with van der Waals surface area (Å²) in [5.41, 5.74) is 1.83. The van der Waals surface area contributed by atoms with Crippen molar-refractivity contribution in [3.8, 4) is 5.75 Å². The molecule has 3 aromatic carbocycles. The first-order valence-corrected chi connectivity index (χ1v) is 9.49. The highest BCUT2D eigenvalue weighted by atomic mass is 19.1. The molecule has 6 heteroatoms. The van der Waals surface area contributed by atoms with Gasteiger partial charge in [-0.3, -0.25) is 9.59 Å². The van der Waals surface area contributed by atoms with E-state index < -0.39 is 23.8 Å². The fraction of sp³-hybridized carbons (Fsp3) is 0.167. The summed E-state index contributed by atoms with van der Waals surface area (Å²) < 4.78 is 23.9. The maximum atomic E-state index is 13.1. The van der Waals surface area contributed by atoms with Gasteiger partial charge in [-0.1, -0.05) is 48.5 Å². The Balaban J connectivity index is 1.70. The number of carbonyl (C=O) groups is 2. The second-order valence-corrected chi connectivity index (χ2v) is 6.59. The molecule has 0 radical (unpaired) electrons. The summed E-state index contributed by atoms with van der Waals surface area (Å²) in [6.07, 6.45) is -0.612. The zero-order chi connectivity index (χ0) is 21.3. The lowest BCUT2D eigenvalue weighted by Crippen LogP contribution is -2.26. The zero-order valence-corrected chi connectivity index (χ0v) is 16.5. The van der Waals surface area contributed by atoms with Crippen LogP contribution in [0.1, 0.15) is 23.7 Å². The predicted octanol–water partition coefficient (Wildman–Crippen LogP) is 4.69. The van der Waals surface area contributed by atoms with Crippen molar-refractivity contribution < 1.29 is 23.5 Å². The highest BCUT2D eigenvalue weighted by Crippen LogP contribution is 2.23. The lowest BCUT2D eigenvalue weighted by Gasteiger charge is -2.18. The Morgan fingerprint density at radius 1 is 0.933 bits per heavy atom. The molecular weight excluding hydrogens is 385 g/mol. The summed E-state index contributed by atoms with van der Waals surface area (Å²) in [4.78, 5) is 25.3. The molecule has 30 heavy (non-hydrogen) atoms. The quantitative estimate of drug-likeness (QED) is 0.550. The fourth-order valence-corrected chi connectivity index (χ4v) is 2.98. The molecule has 0 aliphatic carbocycles. The number of ether oxygens (including phenoxy) is 2. The molecule has 0 aliphatic heterocycles. The van der Waals surface area contributed by atoms with E-state index in [1.807, 2.05) is 30.3 Å². The van der Waals surface area contributed by atoms with E-state index in [9.17, 15) is 14.0 Å². The van der Waals surface area contributed by atoms with E-state index in [0.717, 1.165) is 5.56 Å². The Morgan fingerprint density at radius 3 is 2.30 bits per heavy atom. The number of hydrogen-bond donors (Lipinski definition) is 1. The predicted molar refractivity (Wildman–Crippen MR) is 112 cm³/mol. The molecule has 1 amide bonds. The third kappa shape index (κ3) is 5.67. The molecule has 0 aromatic heterocycles. The molecule has 1 atom stereocenters. The molecule has 0 unspecified atom stereocenters. The van der Waals surface area contributed by atoms with Gasteiger partial charge in [-0.25, -0.2) is 4.39 Å². The minimum atomic E-state index is -1.12. The van der Waals surface area contributed by atoms with Crippen molar-refractivity contribution in [1.82, 2.24) is 0 Å². The first-order valence-electron chi connectivity index (χ1n) is 9.49. The van der Waals surface area contributed by atoms with Crippen molar-refractivity contribution in [2.45, 2.75) is 18.9 Å². The first-order chi connectivity index (χ1) is 14.6. The van der Waals surface area contributed by atoms with Crippen LogP contribution in [-0.4, -0.2) is 19.0 Å². The number of rotatable bonds is 8. The highest BCUT2D eigenvalue weighted by molar-refractivity contribution is 5.96. The van der Waals surface area contributed by atoms with Crippen LogP contribution in [0.2, 0.25) is 0 Å². The number of carbonyl (C=O) groups excluding carboxylic acids is 2. The van der Waals surface area contributed by atoms with E-state index in [0.29, 0.717) is 23.4 Å². The summed E-state index contributed by atoms with van der Waals surface area (Å²) in [6.45, 7) is 0. The minimum Gasteiger partial charge on any atom is -0.496 e. The van der Waals surface area contributed by atoms with Gasteiger partial charge in [0.05, 0.1) is 7.11 Å². The van der Waals surface area contributed by atoms with E-state index in [2.05, 4.69) is 5.32 Å². The van der Waals surface area contributed by atoms with Crippen molar-refractivity contribution >= 4 is 17.6 Å². The SMILES string of the molecule is COc1ccccc1CCC(=O)O[C@H](C(=O)Nc1ccc(F)cc1)c1ccccc1. The van der Waals surface area contributed by atoms with Crippen LogP contribution in [0.4, 0.5) is 10.1 Å². The molecule has 3 aromatic rings. The Bertz CT molecular complexity index is 990. The standard InChI is InChI=1S/C24H22FNO4/c1-29-21-10-6-5-7-17(21)11-16-22(27)30-23(18-8-3-2-4-9-18)24(28)26-20-14-12-19(25)13-15-20/h2-10,12-15,23H,11,16H2,1H3,(H,26,28)/t23-/m0/s1. The zero-order valence-electron chi connectivity index (χ0n) is 16.5. The number of halogens is 1. The van der Waals surface area contributed by atoms with Crippen LogP contribution in [0.5, 0.6) is 5.75 Å². The normalized spacial score (nSPS) is 11.4. The molecular formula is C24H22FNO4. The Hall–Kier alpha value is -3.67. The Morgan fingerprint density at radius 2 is 1.60 bits per heavy atom. The van der Waals surface area contributed by atoms with E-state index in [4.69, 9.17) is 9.47 Å². The van der Waals surface area contributed by atoms with Crippen LogP contribution < -0.4 is 10.1 Å². The monoisotopic (exact) mass is 407 g/mol. The van der Waals surface area contributed by atoms with Gasteiger partial charge in [0.25, 0.3) is 5.91 Å². The van der Waals surface area contributed by atoms with Crippen LogP contribution in [-0.2, 0) is 20.7 Å². The summed E-state index contributed by atoms with van der Waals surface area (Å²) in [6, 6.07) is 21.5. The molecule has 0 fully saturated rings. The molecule has 0 saturated heterocycles. The lowest BCUT2D eigenvalue weighted by molar-refractivity contribution is -0.154. The molecule has 0 aliphatic rings. The number of anilines is 1. The van der Waals surface area contributed by atoms with Crippen LogP contribution in [0.25, 0.3) is 0 Å². The fourth-order valence-electron chi connectivity index (χ4n) is 2.98.